The second-order valence-corrected chi connectivity index (χ2v) is 16.6. The first-order valence-corrected chi connectivity index (χ1v) is 20.2. The Morgan fingerprint density at radius 3 is 1.75 bits per heavy atom. The van der Waals surface area contributed by atoms with Crippen LogP contribution in [-0.4, -0.2) is 4.57 Å². The predicted octanol–water partition coefficient (Wildman–Crippen LogP) is 15.4. The summed E-state index contributed by atoms with van der Waals surface area (Å²) in [6.45, 7) is 4.68. The van der Waals surface area contributed by atoms with E-state index < -0.39 is 0 Å². The maximum absolute atomic E-state index is 3.98. The molecule has 1 heterocycles. The van der Waals surface area contributed by atoms with Gasteiger partial charge in [0.25, 0.3) is 0 Å². The van der Waals surface area contributed by atoms with Crippen LogP contribution < -0.4 is 4.90 Å². The number of rotatable bonds is 6. The zero-order valence-electron chi connectivity index (χ0n) is 30.5. The molecule has 0 amide bonds. The number of para-hydroxylation sites is 3. The van der Waals surface area contributed by atoms with E-state index in [1.54, 1.807) is 0 Å². The molecule has 10 rings (SSSR count). The molecule has 0 saturated heterocycles. The summed E-state index contributed by atoms with van der Waals surface area (Å²) in [5.74, 6) is 0. The van der Waals surface area contributed by atoms with Crippen molar-refractivity contribution in [3.8, 4) is 39.1 Å². The number of anilines is 3. The van der Waals surface area contributed by atoms with Gasteiger partial charge in [0.1, 0.15) is 0 Å². The van der Waals surface area contributed by atoms with Crippen LogP contribution in [0.3, 0.4) is 0 Å². The van der Waals surface area contributed by atoms with Gasteiger partial charge in [-0.1, -0.05) is 149 Å². The second kappa shape index (κ2) is 13.3. The lowest BCUT2D eigenvalue weighted by molar-refractivity contribution is 0.660. The number of benzene rings is 8. The molecule has 1 aliphatic rings. The molecule has 4 heteroatoms. The van der Waals surface area contributed by atoms with Gasteiger partial charge >= 0.3 is 0 Å². The minimum Gasteiger partial charge on any atom is -0.310 e. The molecule has 2 nitrogen and oxygen atoms in total. The molecule has 264 valence electrons. The number of hydrogen-bond acceptors (Lipinski definition) is 1. The van der Waals surface area contributed by atoms with Crippen molar-refractivity contribution in [3.63, 3.8) is 0 Å². The number of aromatic nitrogens is 1. The Balaban J connectivity index is 1.01. The van der Waals surface area contributed by atoms with E-state index in [0.717, 1.165) is 53.9 Å². The van der Waals surface area contributed by atoms with Crippen molar-refractivity contribution in [2.75, 3.05) is 4.90 Å². The van der Waals surface area contributed by atoms with Crippen molar-refractivity contribution in [3.05, 3.63) is 202 Å². The third kappa shape index (κ3) is 5.58. The molecule has 55 heavy (non-hydrogen) atoms. The molecule has 8 aromatic carbocycles. The van der Waals surface area contributed by atoms with Crippen LogP contribution in [0.2, 0.25) is 0 Å². The van der Waals surface area contributed by atoms with Crippen molar-refractivity contribution < 1.29 is 0 Å². The number of hydrogen-bond donors (Lipinski definition) is 0. The Morgan fingerprint density at radius 1 is 0.418 bits per heavy atom. The highest BCUT2D eigenvalue weighted by Crippen LogP contribution is 2.51. The fourth-order valence-corrected chi connectivity index (χ4v) is 9.78. The molecule has 9 aromatic rings. The predicted molar refractivity (Wildman–Crippen MR) is 239 cm³/mol. The zero-order valence-corrected chi connectivity index (χ0v) is 33.6. The molecule has 0 bridgehead atoms. The maximum Gasteiger partial charge on any atom is 0.0541 e. The van der Waals surface area contributed by atoms with Crippen LogP contribution in [0.5, 0.6) is 0 Å². The molecule has 0 fully saturated rings. The monoisotopic (exact) mass is 834 g/mol. The molecule has 0 spiro atoms. The molecule has 0 radical (unpaired) electrons. The Morgan fingerprint density at radius 2 is 0.982 bits per heavy atom. The smallest absolute Gasteiger partial charge is 0.0541 e. The van der Waals surface area contributed by atoms with Crippen LogP contribution in [0.25, 0.3) is 60.9 Å². The topological polar surface area (TPSA) is 8.17 Å². The first-order chi connectivity index (χ1) is 26.9. The first kappa shape index (κ1) is 33.9. The summed E-state index contributed by atoms with van der Waals surface area (Å²) >= 11 is 7.96. The SMILES string of the molecule is CC1(C)c2ccccc2-c2ccc(N(c3ccccc3)c3ccc(-c4cc(Br)c(-c5ccc6c(c5)c5ccccc5n6-c5ccccc5)cc4Br)cc3)cc21. The number of halogens is 2. The Hall–Kier alpha value is -5.68. The third-order valence-electron chi connectivity index (χ3n) is 11.3. The fraction of sp³-hybridized carbons (Fsp3) is 0.0588. The van der Waals surface area contributed by atoms with Gasteiger partial charge in [-0.25, -0.2) is 0 Å². The van der Waals surface area contributed by atoms with Gasteiger partial charge in [0, 0.05) is 47.9 Å². The highest BCUT2D eigenvalue weighted by molar-refractivity contribution is 9.11. The zero-order chi connectivity index (χ0) is 37.3. The van der Waals surface area contributed by atoms with Gasteiger partial charge in [-0.15, -0.1) is 0 Å². The minimum absolute atomic E-state index is 0.0766. The molecule has 0 N–H and O–H groups in total. The molecular formula is C51H36Br2N2. The third-order valence-corrected chi connectivity index (χ3v) is 12.6. The molecule has 1 aromatic heterocycles. The van der Waals surface area contributed by atoms with Gasteiger partial charge in [-0.2, -0.15) is 0 Å². The average Bonchev–Trinajstić information content (AvgIpc) is 3.67. The summed E-state index contributed by atoms with van der Waals surface area (Å²) in [5, 5.41) is 2.48. The lowest BCUT2D eigenvalue weighted by atomic mass is 9.82. The van der Waals surface area contributed by atoms with Crippen LogP contribution in [0.1, 0.15) is 25.0 Å². The van der Waals surface area contributed by atoms with Gasteiger partial charge in [-0.05, 0) is 123 Å². The Labute approximate surface area is 338 Å². The van der Waals surface area contributed by atoms with Gasteiger partial charge in [-0.3, -0.25) is 0 Å². The Kier molecular flexibility index (Phi) is 8.16. The summed E-state index contributed by atoms with van der Waals surface area (Å²) in [6, 6.07) is 66.0. The van der Waals surface area contributed by atoms with Crippen LogP contribution in [0.4, 0.5) is 17.1 Å². The van der Waals surface area contributed by atoms with E-state index in [2.05, 4.69) is 237 Å². The molecule has 0 atom stereocenters. The van der Waals surface area contributed by atoms with Crippen LogP contribution in [0, 0.1) is 0 Å². The van der Waals surface area contributed by atoms with E-state index in [4.69, 9.17) is 0 Å². The normalized spacial score (nSPS) is 12.9. The van der Waals surface area contributed by atoms with Crippen molar-refractivity contribution in [1.82, 2.24) is 4.57 Å². The highest BCUT2D eigenvalue weighted by atomic mass is 79.9. The molecule has 0 unspecified atom stereocenters. The van der Waals surface area contributed by atoms with Crippen LogP contribution in [0.15, 0.2) is 191 Å². The number of fused-ring (bicyclic) bond motifs is 6. The summed E-state index contributed by atoms with van der Waals surface area (Å²) < 4.78 is 4.45. The van der Waals surface area contributed by atoms with Crippen molar-refractivity contribution in [1.29, 1.82) is 0 Å². The van der Waals surface area contributed by atoms with Crippen molar-refractivity contribution in [2.45, 2.75) is 19.3 Å². The number of nitrogens with zero attached hydrogens (tertiary/aromatic N) is 2. The summed E-state index contributed by atoms with van der Waals surface area (Å²) in [5.41, 5.74) is 16.9. The van der Waals surface area contributed by atoms with Crippen molar-refractivity contribution >= 4 is 70.7 Å². The lowest BCUT2D eigenvalue weighted by Crippen LogP contribution is -2.16. The standard InChI is InChI=1S/C51H36Br2N2/c1-51(2)45-19-11-9-17-39(45)40-27-26-38(30-46(40)51)54(35-13-5-3-6-14-35)37-24-21-33(22-25-37)42-31-48(53)43(32-47(42)52)34-23-28-50-44(29-34)41-18-10-12-20-49(41)55(50)36-15-7-4-8-16-36/h3-32H,1-2H3. The van der Waals surface area contributed by atoms with Gasteiger partial charge in [0.2, 0.25) is 0 Å². The average molecular weight is 837 g/mol. The molecule has 1 aliphatic carbocycles. The molecule has 0 aliphatic heterocycles. The fourth-order valence-electron chi connectivity index (χ4n) is 8.63. The maximum atomic E-state index is 3.98. The van der Waals surface area contributed by atoms with Gasteiger partial charge in [0.15, 0.2) is 0 Å². The molecular weight excluding hydrogens is 800 g/mol. The first-order valence-electron chi connectivity index (χ1n) is 18.6. The Bertz CT molecular complexity index is 2910. The molecule has 0 saturated carbocycles. The van der Waals surface area contributed by atoms with Crippen LogP contribution >= 0.6 is 31.9 Å². The van der Waals surface area contributed by atoms with E-state index in [1.807, 2.05) is 0 Å². The minimum atomic E-state index is -0.0766. The second-order valence-electron chi connectivity index (χ2n) is 14.9. The van der Waals surface area contributed by atoms with Gasteiger partial charge < -0.3 is 9.47 Å². The lowest BCUT2D eigenvalue weighted by Gasteiger charge is -2.28. The summed E-state index contributed by atoms with van der Waals surface area (Å²) in [6.07, 6.45) is 0. The van der Waals surface area contributed by atoms with Gasteiger partial charge in [0.05, 0.1) is 11.0 Å². The van der Waals surface area contributed by atoms with Crippen LogP contribution in [-0.2, 0) is 5.41 Å². The summed E-state index contributed by atoms with van der Waals surface area (Å²) in [7, 11) is 0. The van der Waals surface area contributed by atoms with E-state index in [-0.39, 0.29) is 5.41 Å². The summed E-state index contributed by atoms with van der Waals surface area (Å²) in [4.78, 5) is 2.36. The largest absolute Gasteiger partial charge is 0.310 e. The van der Waals surface area contributed by atoms with E-state index >= 15 is 0 Å². The highest BCUT2D eigenvalue weighted by Gasteiger charge is 2.35. The van der Waals surface area contributed by atoms with E-state index in [1.165, 1.54) is 44.1 Å². The van der Waals surface area contributed by atoms with Crippen molar-refractivity contribution in [2.24, 2.45) is 0 Å². The quantitative estimate of drug-likeness (QED) is 0.162. The van der Waals surface area contributed by atoms with E-state index in [9.17, 15) is 0 Å². The van der Waals surface area contributed by atoms with E-state index in [0.29, 0.717) is 0 Å².